The molecule has 2 aliphatic rings. The van der Waals surface area contributed by atoms with Crippen molar-refractivity contribution in [3.8, 4) is 0 Å². The first-order valence-electron chi connectivity index (χ1n) is 7.83. The van der Waals surface area contributed by atoms with Gasteiger partial charge in [0.1, 0.15) is 0 Å². The third kappa shape index (κ3) is 2.67. The van der Waals surface area contributed by atoms with E-state index in [0.717, 1.165) is 6.42 Å². The van der Waals surface area contributed by atoms with Gasteiger partial charge in [0, 0.05) is 13.1 Å². The Labute approximate surface area is 130 Å². The van der Waals surface area contributed by atoms with Crippen molar-refractivity contribution in [2.45, 2.75) is 32.7 Å². The van der Waals surface area contributed by atoms with E-state index < -0.39 is 11.9 Å². The second-order valence-electron chi connectivity index (χ2n) is 6.58. The van der Waals surface area contributed by atoms with Crippen LogP contribution in [-0.2, 0) is 11.2 Å². The molecule has 1 fully saturated rings. The molecule has 1 aromatic carbocycles. The molecule has 1 aromatic rings. The zero-order valence-electron chi connectivity index (χ0n) is 13.0. The number of aryl methyl sites for hydroxylation is 1. The van der Waals surface area contributed by atoms with Crippen molar-refractivity contribution in [2.75, 3.05) is 13.1 Å². The summed E-state index contributed by atoms with van der Waals surface area (Å²) in [7, 11) is 0. The summed E-state index contributed by atoms with van der Waals surface area (Å²) >= 11 is 0. The largest absolute Gasteiger partial charge is 0.481 e. The molecule has 0 spiro atoms. The number of benzene rings is 1. The molecule has 3 unspecified atom stereocenters. The fraction of sp³-hybridized carbons (Fsp3) is 0.529. The van der Waals surface area contributed by atoms with Gasteiger partial charge in [-0.25, -0.2) is 4.79 Å². The Morgan fingerprint density at radius 2 is 2.14 bits per heavy atom. The topological polar surface area (TPSA) is 69.6 Å². The fourth-order valence-electron chi connectivity index (χ4n) is 3.55. The van der Waals surface area contributed by atoms with Crippen LogP contribution >= 0.6 is 0 Å². The molecule has 1 heterocycles. The third-order valence-electron chi connectivity index (χ3n) is 4.85. The van der Waals surface area contributed by atoms with E-state index in [1.807, 2.05) is 0 Å². The predicted octanol–water partition coefficient (Wildman–Crippen LogP) is 2.34. The number of hydrogen-bond acceptors (Lipinski definition) is 2. The maximum atomic E-state index is 12.4. The Bertz CT molecular complexity index is 614. The van der Waals surface area contributed by atoms with Gasteiger partial charge < -0.3 is 15.3 Å². The van der Waals surface area contributed by atoms with Gasteiger partial charge in [0.05, 0.1) is 12.0 Å². The molecule has 3 rings (SSSR count). The molecule has 3 atom stereocenters. The minimum Gasteiger partial charge on any atom is -0.481 e. The number of carbonyl (C=O) groups is 2. The number of nitrogens with one attached hydrogen (secondary N) is 1. The average Bonchev–Trinajstić information content (AvgIpc) is 3.06. The van der Waals surface area contributed by atoms with Gasteiger partial charge in [-0.15, -0.1) is 0 Å². The molecule has 1 aliphatic heterocycles. The fourth-order valence-corrected chi connectivity index (χ4v) is 3.55. The second kappa shape index (κ2) is 5.63. The number of aliphatic carboxylic acids is 1. The predicted molar refractivity (Wildman–Crippen MR) is 82.6 cm³/mol. The van der Waals surface area contributed by atoms with Gasteiger partial charge in [0.25, 0.3) is 0 Å². The minimum atomic E-state index is -0.814. The van der Waals surface area contributed by atoms with Crippen molar-refractivity contribution in [1.82, 2.24) is 10.2 Å². The van der Waals surface area contributed by atoms with Crippen molar-refractivity contribution >= 4 is 12.0 Å². The summed E-state index contributed by atoms with van der Waals surface area (Å²) in [6.45, 7) is 5.03. The molecule has 5 heteroatoms. The molecule has 1 aliphatic carbocycles. The first kappa shape index (κ1) is 14.9. The van der Waals surface area contributed by atoms with Crippen LogP contribution in [0.4, 0.5) is 4.79 Å². The van der Waals surface area contributed by atoms with Crippen LogP contribution in [0.15, 0.2) is 18.2 Å². The summed E-state index contributed by atoms with van der Waals surface area (Å²) in [5, 5.41) is 12.1. The van der Waals surface area contributed by atoms with Gasteiger partial charge >= 0.3 is 12.0 Å². The smallest absolute Gasteiger partial charge is 0.317 e. The molecule has 2 N–H and O–H groups in total. The zero-order valence-corrected chi connectivity index (χ0v) is 13.0. The highest BCUT2D eigenvalue weighted by Gasteiger charge is 2.35. The summed E-state index contributed by atoms with van der Waals surface area (Å²) in [4.78, 5) is 25.1. The van der Waals surface area contributed by atoms with E-state index in [0.29, 0.717) is 25.4 Å². The van der Waals surface area contributed by atoms with Crippen LogP contribution in [0.3, 0.4) is 0 Å². The number of amides is 2. The Hall–Kier alpha value is -2.04. The van der Waals surface area contributed by atoms with E-state index in [-0.39, 0.29) is 12.1 Å². The quantitative estimate of drug-likeness (QED) is 0.881. The molecule has 22 heavy (non-hydrogen) atoms. The molecule has 0 saturated carbocycles. The van der Waals surface area contributed by atoms with Crippen molar-refractivity contribution in [3.05, 3.63) is 34.9 Å². The highest BCUT2D eigenvalue weighted by molar-refractivity contribution is 5.78. The van der Waals surface area contributed by atoms with Gasteiger partial charge in [-0.05, 0) is 36.8 Å². The lowest BCUT2D eigenvalue weighted by molar-refractivity contribution is -0.141. The van der Waals surface area contributed by atoms with Gasteiger partial charge in [0.15, 0.2) is 0 Å². The molecular weight excluding hydrogens is 280 g/mol. The number of fused-ring (bicyclic) bond motifs is 1. The first-order valence-corrected chi connectivity index (χ1v) is 7.83. The normalized spacial score (nSPS) is 26.8. The van der Waals surface area contributed by atoms with Crippen LogP contribution in [0.2, 0.25) is 0 Å². The van der Waals surface area contributed by atoms with Gasteiger partial charge in [-0.1, -0.05) is 30.7 Å². The average molecular weight is 302 g/mol. The number of carbonyl (C=O) groups excluding carboxylic acids is 1. The van der Waals surface area contributed by atoms with Gasteiger partial charge in [-0.3, -0.25) is 4.79 Å². The van der Waals surface area contributed by atoms with E-state index in [2.05, 4.69) is 37.4 Å². The van der Waals surface area contributed by atoms with Crippen LogP contribution in [0.25, 0.3) is 0 Å². The number of rotatable bonds is 2. The second-order valence-corrected chi connectivity index (χ2v) is 6.58. The van der Waals surface area contributed by atoms with Crippen LogP contribution < -0.4 is 5.32 Å². The Morgan fingerprint density at radius 3 is 2.82 bits per heavy atom. The Balaban J connectivity index is 1.70. The van der Waals surface area contributed by atoms with Crippen LogP contribution in [0.5, 0.6) is 0 Å². The number of hydrogen-bond donors (Lipinski definition) is 2. The number of nitrogens with zero attached hydrogens (tertiary/aromatic N) is 1. The monoisotopic (exact) mass is 302 g/mol. The summed E-state index contributed by atoms with van der Waals surface area (Å²) in [6, 6.07) is 6.27. The molecule has 0 aromatic heterocycles. The maximum absolute atomic E-state index is 12.4. The number of likely N-dealkylation sites (tertiary alicyclic amines) is 1. The summed E-state index contributed by atoms with van der Waals surface area (Å²) in [6.07, 6.45) is 1.51. The van der Waals surface area contributed by atoms with Crippen molar-refractivity contribution in [3.63, 3.8) is 0 Å². The van der Waals surface area contributed by atoms with E-state index in [4.69, 9.17) is 5.11 Å². The van der Waals surface area contributed by atoms with Crippen LogP contribution in [-0.4, -0.2) is 35.1 Å². The third-order valence-corrected chi connectivity index (χ3v) is 4.85. The zero-order chi connectivity index (χ0) is 15.9. The van der Waals surface area contributed by atoms with Crippen molar-refractivity contribution in [2.24, 2.45) is 11.8 Å². The molecular formula is C17H22N2O3. The Morgan fingerprint density at radius 1 is 1.36 bits per heavy atom. The number of urea groups is 1. The molecule has 118 valence electrons. The van der Waals surface area contributed by atoms with E-state index >= 15 is 0 Å². The number of carboxylic acid groups (broad SMARTS) is 1. The molecule has 1 saturated heterocycles. The highest BCUT2D eigenvalue weighted by Crippen LogP contribution is 2.36. The van der Waals surface area contributed by atoms with Gasteiger partial charge in [0.2, 0.25) is 0 Å². The summed E-state index contributed by atoms with van der Waals surface area (Å²) < 4.78 is 0. The maximum Gasteiger partial charge on any atom is 0.317 e. The molecule has 5 nitrogen and oxygen atoms in total. The highest BCUT2D eigenvalue weighted by atomic mass is 16.4. The summed E-state index contributed by atoms with van der Waals surface area (Å²) in [5.74, 6) is -0.884. The minimum absolute atomic E-state index is 0.0197. The van der Waals surface area contributed by atoms with E-state index in [1.54, 1.807) is 4.90 Å². The lowest BCUT2D eigenvalue weighted by Gasteiger charge is -2.24. The lowest BCUT2D eigenvalue weighted by atomic mass is 10.0. The van der Waals surface area contributed by atoms with Gasteiger partial charge in [-0.2, -0.15) is 0 Å². The lowest BCUT2D eigenvalue weighted by Crippen LogP contribution is -2.41. The summed E-state index contributed by atoms with van der Waals surface area (Å²) in [5.41, 5.74) is 3.70. The SMILES string of the molecule is Cc1ccc2c(c1)C(NC(=O)N1CCC(C(=O)O)C1)C(C)C2. The van der Waals surface area contributed by atoms with Crippen molar-refractivity contribution in [1.29, 1.82) is 0 Å². The van der Waals surface area contributed by atoms with E-state index in [1.165, 1.54) is 16.7 Å². The standard InChI is InChI=1S/C17H22N2O3/c1-10-3-4-12-8-11(2)15(14(12)7-10)18-17(22)19-6-5-13(9-19)16(20)21/h3-4,7,11,13,15H,5-6,8-9H2,1-2H3,(H,18,22)(H,20,21). The van der Waals surface area contributed by atoms with Crippen molar-refractivity contribution < 1.29 is 14.7 Å². The molecule has 2 amide bonds. The molecule has 0 bridgehead atoms. The van der Waals surface area contributed by atoms with Crippen LogP contribution in [0, 0.1) is 18.8 Å². The van der Waals surface area contributed by atoms with Crippen LogP contribution in [0.1, 0.15) is 36.1 Å². The van der Waals surface area contributed by atoms with E-state index in [9.17, 15) is 9.59 Å². The molecule has 0 radical (unpaired) electrons. The first-order chi connectivity index (χ1) is 10.5. The Kier molecular flexibility index (Phi) is 3.81. The number of carboxylic acids is 1.